The lowest BCUT2D eigenvalue weighted by Crippen LogP contribution is -2.46. The first kappa shape index (κ1) is 12.5. The third-order valence-electron chi connectivity index (χ3n) is 4.18. The number of hydrogen-bond donors (Lipinski definition) is 1. The highest BCUT2D eigenvalue weighted by molar-refractivity contribution is 5.82. The number of benzene rings is 1. The first-order valence-electron chi connectivity index (χ1n) is 7.01. The predicted octanol–water partition coefficient (Wildman–Crippen LogP) is 1.19. The summed E-state index contributed by atoms with van der Waals surface area (Å²) in [6.45, 7) is 2.36. The normalized spacial score (nSPS) is 23.0. The number of nitrogens with two attached hydrogens (primary N) is 1. The van der Waals surface area contributed by atoms with Crippen LogP contribution in [-0.4, -0.2) is 36.5 Å². The summed E-state index contributed by atoms with van der Waals surface area (Å²) in [5, 5.41) is 0. The molecule has 2 N–H and O–H groups in total. The number of rotatable bonds is 2. The van der Waals surface area contributed by atoms with E-state index in [1.165, 1.54) is 0 Å². The molecule has 1 amide bonds. The second kappa shape index (κ2) is 5.21. The number of hydrogen-bond acceptors (Lipinski definition) is 3. The molecule has 0 aliphatic carbocycles. The fourth-order valence-electron chi connectivity index (χ4n) is 2.91. The number of amides is 1. The number of likely N-dealkylation sites (tertiary alicyclic amines) is 1. The molecule has 102 valence electrons. The van der Waals surface area contributed by atoms with E-state index in [-0.39, 0.29) is 12.0 Å². The van der Waals surface area contributed by atoms with Crippen molar-refractivity contribution < 1.29 is 9.53 Å². The van der Waals surface area contributed by atoms with Gasteiger partial charge in [0.2, 0.25) is 0 Å². The van der Waals surface area contributed by atoms with Crippen LogP contribution in [0.2, 0.25) is 0 Å². The number of piperidine rings is 1. The topological polar surface area (TPSA) is 55.6 Å². The Labute approximate surface area is 113 Å². The second-order valence-corrected chi connectivity index (χ2v) is 5.42. The lowest BCUT2D eigenvalue weighted by atomic mass is 9.96. The highest BCUT2D eigenvalue weighted by Gasteiger charge is 2.33. The summed E-state index contributed by atoms with van der Waals surface area (Å²) < 4.78 is 5.76. The molecule has 1 aromatic rings. The van der Waals surface area contributed by atoms with Gasteiger partial charge >= 0.3 is 0 Å². The number of fused-ring (bicyclic) bond motifs is 1. The summed E-state index contributed by atoms with van der Waals surface area (Å²) in [5.74, 6) is 1.56. The molecule has 4 nitrogen and oxygen atoms in total. The van der Waals surface area contributed by atoms with E-state index >= 15 is 0 Å². The fraction of sp³-hybridized carbons (Fsp3) is 0.533. The minimum absolute atomic E-state index is 0.131. The van der Waals surface area contributed by atoms with Crippen molar-refractivity contribution in [2.24, 2.45) is 11.7 Å². The Kier molecular flexibility index (Phi) is 3.42. The molecule has 1 unspecified atom stereocenters. The van der Waals surface area contributed by atoms with Gasteiger partial charge in [-0.1, -0.05) is 18.2 Å². The van der Waals surface area contributed by atoms with Gasteiger partial charge in [0.15, 0.2) is 6.10 Å². The maximum absolute atomic E-state index is 12.4. The lowest BCUT2D eigenvalue weighted by molar-refractivity contribution is -0.139. The van der Waals surface area contributed by atoms with Crippen LogP contribution < -0.4 is 10.5 Å². The van der Waals surface area contributed by atoms with E-state index in [0.29, 0.717) is 12.3 Å². The van der Waals surface area contributed by atoms with Gasteiger partial charge in [-0.3, -0.25) is 4.79 Å². The molecule has 0 aromatic heterocycles. The quantitative estimate of drug-likeness (QED) is 0.869. The number of carbonyl (C=O) groups is 1. The van der Waals surface area contributed by atoms with Crippen LogP contribution in [0, 0.1) is 5.92 Å². The monoisotopic (exact) mass is 260 g/mol. The van der Waals surface area contributed by atoms with Crippen molar-refractivity contribution in [3.8, 4) is 5.75 Å². The number of carbonyl (C=O) groups excluding carboxylic acids is 1. The van der Waals surface area contributed by atoms with Crippen LogP contribution >= 0.6 is 0 Å². The van der Waals surface area contributed by atoms with Crippen molar-refractivity contribution in [3.63, 3.8) is 0 Å². The smallest absolute Gasteiger partial charge is 0.263 e. The Hall–Kier alpha value is -1.55. The van der Waals surface area contributed by atoms with Gasteiger partial charge in [0, 0.05) is 19.5 Å². The van der Waals surface area contributed by atoms with Crippen LogP contribution in [0.1, 0.15) is 18.4 Å². The van der Waals surface area contributed by atoms with E-state index in [9.17, 15) is 4.79 Å². The lowest BCUT2D eigenvalue weighted by Gasteiger charge is -2.32. The number of para-hydroxylation sites is 1. The van der Waals surface area contributed by atoms with Gasteiger partial charge in [-0.15, -0.1) is 0 Å². The zero-order chi connectivity index (χ0) is 13.2. The average Bonchev–Trinajstić information content (AvgIpc) is 2.90. The minimum atomic E-state index is -0.327. The zero-order valence-electron chi connectivity index (χ0n) is 11.0. The molecule has 0 radical (unpaired) electrons. The van der Waals surface area contributed by atoms with Crippen LogP contribution in [0.4, 0.5) is 0 Å². The van der Waals surface area contributed by atoms with Crippen molar-refractivity contribution >= 4 is 5.91 Å². The van der Waals surface area contributed by atoms with Crippen LogP contribution in [-0.2, 0) is 11.2 Å². The summed E-state index contributed by atoms with van der Waals surface area (Å²) in [4.78, 5) is 14.4. The third-order valence-corrected chi connectivity index (χ3v) is 4.18. The summed E-state index contributed by atoms with van der Waals surface area (Å²) in [7, 11) is 0. The SMILES string of the molecule is NCC1CCN(C(=O)C2Cc3ccccc3O2)CC1. The standard InChI is InChI=1S/C15H20N2O2/c16-10-11-5-7-17(8-6-11)15(18)14-9-12-3-1-2-4-13(12)19-14/h1-4,11,14H,5-10,16H2. The van der Waals surface area contributed by atoms with Crippen LogP contribution in [0.25, 0.3) is 0 Å². The molecule has 3 rings (SSSR count). The molecular weight excluding hydrogens is 240 g/mol. The van der Waals surface area contributed by atoms with Crippen LogP contribution in [0.15, 0.2) is 24.3 Å². The van der Waals surface area contributed by atoms with E-state index in [0.717, 1.165) is 43.8 Å². The fourth-order valence-corrected chi connectivity index (χ4v) is 2.91. The van der Waals surface area contributed by atoms with E-state index in [2.05, 4.69) is 0 Å². The van der Waals surface area contributed by atoms with Crippen molar-refractivity contribution in [1.82, 2.24) is 4.90 Å². The first-order chi connectivity index (χ1) is 9.28. The molecule has 0 saturated carbocycles. The van der Waals surface area contributed by atoms with E-state index in [4.69, 9.17) is 10.5 Å². The van der Waals surface area contributed by atoms with Gasteiger partial charge < -0.3 is 15.4 Å². The molecule has 2 aliphatic heterocycles. The summed E-state index contributed by atoms with van der Waals surface area (Å²) in [6.07, 6.45) is 2.40. The molecule has 1 atom stereocenters. The van der Waals surface area contributed by atoms with Crippen molar-refractivity contribution in [2.75, 3.05) is 19.6 Å². The minimum Gasteiger partial charge on any atom is -0.480 e. The van der Waals surface area contributed by atoms with Gasteiger partial charge in [0.05, 0.1) is 0 Å². The Bertz CT molecular complexity index is 442. The third kappa shape index (κ3) is 2.45. The maximum atomic E-state index is 12.4. The van der Waals surface area contributed by atoms with Crippen molar-refractivity contribution in [3.05, 3.63) is 29.8 Å². The predicted molar refractivity (Wildman–Crippen MR) is 72.9 cm³/mol. The second-order valence-electron chi connectivity index (χ2n) is 5.42. The molecule has 4 heteroatoms. The van der Waals surface area contributed by atoms with E-state index in [1.54, 1.807) is 0 Å². The van der Waals surface area contributed by atoms with Crippen LogP contribution in [0.5, 0.6) is 5.75 Å². The van der Waals surface area contributed by atoms with E-state index in [1.807, 2.05) is 29.2 Å². The average molecular weight is 260 g/mol. The number of nitrogens with zero attached hydrogens (tertiary/aromatic N) is 1. The molecule has 1 saturated heterocycles. The van der Waals surface area contributed by atoms with Gasteiger partial charge in [-0.05, 0) is 36.9 Å². The summed E-state index contributed by atoms with van der Waals surface area (Å²) in [6, 6.07) is 7.90. The molecule has 0 spiro atoms. The summed E-state index contributed by atoms with van der Waals surface area (Å²) >= 11 is 0. The summed E-state index contributed by atoms with van der Waals surface area (Å²) in [5.41, 5.74) is 6.81. The Morgan fingerprint density at radius 2 is 2.05 bits per heavy atom. The maximum Gasteiger partial charge on any atom is 0.263 e. The Balaban J connectivity index is 1.61. The molecule has 1 aromatic carbocycles. The van der Waals surface area contributed by atoms with Crippen molar-refractivity contribution in [2.45, 2.75) is 25.4 Å². The van der Waals surface area contributed by atoms with Gasteiger partial charge in [-0.25, -0.2) is 0 Å². The van der Waals surface area contributed by atoms with Gasteiger partial charge in [0.25, 0.3) is 5.91 Å². The van der Waals surface area contributed by atoms with Gasteiger partial charge in [-0.2, -0.15) is 0 Å². The van der Waals surface area contributed by atoms with Crippen LogP contribution in [0.3, 0.4) is 0 Å². The number of ether oxygens (including phenoxy) is 1. The molecular formula is C15H20N2O2. The largest absolute Gasteiger partial charge is 0.480 e. The Morgan fingerprint density at radius 1 is 1.32 bits per heavy atom. The molecule has 2 aliphatic rings. The highest BCUT2D eigenvalue weighted by atomic mass is 16.5. The molecule has 0 bridgehead atoms. The van der Waals surface area contributed by atoms with Gasteiger partial charge in [0.1, 0.15) is 5.75 Å². The first-order valence-corrected chi connectivity index (χ1v) is 7.01. The molecule has 1 fully saturated rings. The molecule has 2 heterocycles. The Morgan fingerprint density at radius 3 is 2.74 bits per heavy atom. The zero-order valence-corrected chi connectivity index (χ0v) is 11.0. The molecule has 19 heavy (non-hydrogen) atoms. The van der Waals surface area contributed by atoms with Crippen molar-refractivity contribution in [1.29, 1.82) is 0 Å². The highest BCUT2D eigenvalue weighted by Crippen LogP contribution is 2.29. The van der Waals surface area contributed by atoms with E-state index < -0.39 is 0 Å².